The predicted molar refractivity (Wildman–Crippen MR) is 115 cm³/mol. The maximum absolute atomic E-state index is 6.12. The van der Waals surface area contributed by atoms with Crippen molar-refractivity contribution < 1.29 is 4.74 Å². The second kappa shape index (κ2) is 8.13. The van der Waals surface area contributed by atoms with Gasteiger partial charge < -0.3 is 9.64 Å². The van der Waals surface area contributed by atoms with Crippen molar-refractivity contribution in [1.29, 1.82) is 0 Å². The average molecular weight is 374 g/mol. The van der Waals surface area contributed by atoms with Gasteiger partial charge in [-0.05, 0) is 36.2 Å². The Morgan fingerprint density at radius 2 is 2.07 bits per heavy atom. The molecule has 0 unspecified atom stereocenters. The van der Waals surface area contributed by atoms with E-state index >= 15 is 0 Å². The van der Waals surface area contributed by atoms with E-state index in [0.717, 1.165) is 37.6 Å². The Morgan fingerprint density at radius 1 is 1.21 bits per heavy atom. The lowest BCUT2D eigenvalue weighted by atomic mass is 9.88. The lowest BCUT2D eigenvalue weighted by molar-refractivity contribution is -0.0511. The van der Waals surface area contributed by atoms with Crippen LogP contribution in [0.15, 0.2) is 85.6 Å². The number of aromatic nitrogens is 1. The molecule has 1 aliphatic carbocycles. The molecule has 1 aromatic heterocycles. The summed E-state index contributed by atoms with van der Waals surface area (Å²) in [6, 6.07) is 14.6. The molecule has 0 spiro atoms. The van der Waals surface area contributed by atoms with E-state index in [1.807, 2.05) is 31.4 Å². The van der Waals surface area contributed by atoms with Crippen LogP contribution in [-0.2, 0) is 4.74 Å². The molecule has 28 heavy (non-hydrogen) atoms. The van der Waals surface area contributed by atoms with Crippen LogP contribution in [0.5, 0.6) is 0 Å². The minimum absolute atomic E-state index is 0.0686. The molecule has 0 N–H and O–H groups in total. The van der Waals surface area contributed by atoms with Gasteiger partial charge in [-0.2, -0.15) is 0 Å². The molecule has 4 nitrogen and oxygen atoms in total. The van der Waals surface area contributed by atoms with Gasteiger partial charge in [0, 0.05) is 32.0 Å². The van der Waals surface area contributed by atoms with E-state index < -0.39 is 0 Å². The van der Waals surface area contributed by atoms with E-state index in [4.69, 9.17) is 4.74 Å². The Morgan fingerprint density at radius 3 is 2.75 bits per heavy atom. The third-order valence-electron chi connectivity index (χ3n) is 5.73. The number of ether oxygens (including phenoxy) is 1. The van der Waals surface area contributed by atoms with Crippen molar-refractivity contribution in [3.05, 3.63) is 91.2 Å². The van der Waals surface area contributed by atoms with Crippen molar-refractivity contribution in [2.45, 2.75) is 18.1 Å². The van der Waals surface area contributed by atoms with Crippen LogP contribution in [0, 0.1) is 0 Å². The van der Waals surface area contributed by atoms with Gasteiger partial charge in [0.2, 0.25) is 0 Å². The Kier molecular flexibility index (Phi) is 5.42. The van der Waals surface area contributed by atoms with Gasteiger partial charge >= 0.3 is 0 Å². The molecule has 4 heteroatoms. The Bertz CT molecular complexity index is 859. The highest BCUT2D eigenvalue weighted by atomic mass is 16.5. The molecule has 1 aromatic carbocycles. The first-order valence-corrected chi connectivity index (χ1v) is 9.81. The predicted octanol–water partition coefficient (Wildman–Crippen LogP) is 4.66. The second-order valence-electron chi connectivity index (χ2n) is 7.33. The fraction of sp³-hybridized carbons (Fsp3) is 0.292. The largest absolute Gasteiger partial charge is 0.371 e. The molecular formula is C24H27N3O. The van der Waals surface area contributed by atoms with Gasteiger partial charge in [-0.15, -0.1) is 6.58 Å². The monoisotopic (exact) mass is 373 g/mol. The van der Waals surface area contributed by atoms with Gasteiger partial charge in [-0.1, -0.05) is 48.6 Å². The van der Waals surface area contributed by atoms with Crippen LogP contribution in [0.3, 0.4) is 0 Å². The third kappa shape index (κ3) is 3.66. The molecule has 144 valence electrons. The molecule has 0 saturated carbocycles. The molecule has 2 atom stereocenters. The molecule has 4 rings (SSSR count). The van der Waals surface area contributed by atoms with Crippen molar-refractivity contribution >= 4 is 11.5 Å². The second-order valence-corrected chi connectivity index (χ2v) is 7.33. The van der Waals surface area contributed by atoms with Crippen molar-refractivity contribution in [2.75, 3.05) is 31.6 Å². The average Bonchev–Trinajstić information content (AvgIpc) is 2.80. The topological polar surface area (TPSA) is 28.6 Å². The summed E-state index contributed by atoms with van der Waals surface area (Å²) in [5.74, 6) is 0.931. The maximum atomic E-state index is 6.12. The highest BCUT2D eigenvalue weighted by Crippen LogP contribution is 2.33. The summed E-state index contributed by atoms with van der Waals surface area (Å²) in [4.78, 5) is 8.99. The van der Waals surface area contributed by atoms with Crippen LogP contribution >= 0.6 is 0 Å². The normalized spacial score (nSPS) is 24.8. The number of rotatable bonds is 5. The van der Waals surface area contributed by atoms with Crippen molar-refractivity contribution in [3.63, 3.8) is 0 Å². The zero-order chi connectivity index (χ0) is 19.4. The highest BCUT2D eigenvalue weighted by Gasteiger charge is 2.35. The Hall–Kier alpha value is -2.69. The summed E-state index contributed by atoms with van der Waals surface area (Å²) in [5.41, 5.74) is 2.21. The lowest BCUT2D eigenvalue weighted by Crippen LogP contribution is -2.52. The van der Waals surface area contributed by atoms with E-state index in [-0.39, 0.29) is 11.6 Å². The van der Waals surface area contributed by atoms with Gasteiger partial charge in [-0.25, -0.2) is 4.98 Å². The first-order valence-electron chi connectivity index (χ1n) is 9.81. The highest BCUT2D eigenvalue weighted by molar-refractivity contribution is 5.59. The summed E-state index contributed by atoms with van der Waals surface area (Å²) in [6.45, 7) is 6.62. The SMILES string of the molecule is C=C[C@@]1(N2CCO[C@@H](c3ccc(N(C)c4ccccn4)cc3)C2)C=CC=CC1. The lowest BCUT2D eigenvalue weighted by Gasteiger charge is -2.45. The van der Waals surface area contributed by atoms with Gasteiger partial charge in [0.25, 0.3) is 0 Å². The summed E-state index contributed by atoms with van der Waals surface area (Å²) in [7, 11) is 2.03. The molecule has 1 saturated heterocycles. The van der Waals surface area contributed by atoms with Gasteiger partial charge in [-0.3, -0.25) is 4.90 Å². The first-order chi connectivity index (χ1) is 13.7. The number of anilines is 2. The molecule has 0 amide bonds. The van der Waals surface area contributed by atoms with Crippen LogP contribution in [0.4, 0.5) is 11.5 Å². The number of hydrogen-bond acceptors (Lipinski definition) is 4. The molecule has 2 heterocycles. The Balaban J connectivity index is 1.49. The van der Waals surface area contributed by atoms with Gasteiger partial charge in [0.15, 0.2) is 0 Å². The third-order valence-corrected chi connectivity index (χ3v) is 5.73. The van der Waals surface area contributed by atoms with E-state index in [1.54, 1.807) is 0 Å². The van der Waals surface area contributed by atoms with Crippen LogP contribution in [0.25, 0.3) is 0 Å². The molecule has 2 aromatic rings. The minimum atomic E-state index is -0.101. The fourth-order valence-electron chi connectivity index (χ4n) is 3.97. The van der Waals surface area contributed by atoms with E-state index in [0.29, 0.717) is 0 Å². The summed E-state index contributed by atoms with van der Waals surface area (Å²) < 4.78 is 6.12. The van der Waals surface area contributed by atoms with E-state index in [2.05, 4.69) is 76.0 Å². The molecule has 1 aliphatic heterocycles. The van der Waals surface area contributed by atoms with E-state index in [1.165, 1.54) is 5.56 Å². The van der Waals surface area contributed by atoms with Crippen molar-refractivity contribution in [3.8, 4) is 0 Å². The number of hydrogen-bond donors (Lipinski definition) is 0. The van der Waals surface area contributed by atoms with Crippen LogP contribution in [0.2, 0.25) is 0 Å². The number of nitrogens with zero attached hydrogens (tertiary/aromatic N) is 3. The molecule has 0 radical (unpaired) electrons. The van der Waals surface area contributed by atoms with Gasteiger partial charge in [0.1, 0.15) is 5.82 Å². The number of benzene rings is 1. The van der Waals surface area contributed by atoms with Crippen LogP contribution in [0.1, 0.15) is 18.1 Å². The van der Waals surface area contributed by atoms with E-state index in [9.17, 15) is 0 Å². The van der Waals surface area contributed by atoms with Crippen molar-refractivity contribution in [1.82, 2.24) is 9.88 Å². The summed E-state index contributed by atoms with van der Waals surface area (Å²) >= 11 is 0. The standard InChI is InChI=1S/C24H27N3O/c1-3-24(14-6-4-7-15-24)27-17-18-28-22(19-27)20-10-12-21(13-11-20)26(2)23-9-5-8-16-25-23/h3-14,16,22H,1,15,17-19H2,2H3/t22-,24-/m1/s1. The smallest absolute Gasteiger partial charge is 0.132 e. The molecule has 2 aliphatic rings. The zero-order valence-corrected chi connectivity index (χ0v) is 16.4. The summed E-state index contributed by atoms with van der Waals surface area (Å²) in [6.07, 6.45) is 13.6. The quantitative estimate of drug-likeness (QED) is 0.713. The number of pyridine rings is 1. The zero-order valence-electron chi connectivity index (χ0n) is 16.4. The number of allylic oxidation sites excluding steroid dienone is 2. The van der Waals surface area contributed by atoms with Crippen LogP contribution < -0.4 is 4.90 Å². The Labute approximate surface area is 167 Å². The minimum Gasteiger partial charge on any atom is -0.371 e. The van der Waals surface area contributed by atoms with Crippen molar-refractivity contribution in [2.24, 2.45) is 0 Å². The van der Waals surface area contributed by atoms with Gasteiger partial charge in [0.05, 0.1) is 18.2 Å². The molecular weight excluding hydrogens is 346 g/mol. The van der Waals surface area contributed by atoms with Crippen LogP contribution in [-0.4, -0.2) is 42.2 Å². The first kappa shape index (κ1) is 18.7. The molecule has 1 fully saturated rings. The maximum Gasteiger partial charge on any atom is 0.132 e. The number of morpholine rings is 1. The fourth-order valence-corrected chi connectivity index (χ4v) is 3.97. The summed E-state index contributed by atoms with van der Waals surface area (Å²) in [5, 5.41) is 0. The molecule has 0 bridgehead atoms.